The van der Waals surface area contributed by atoms with Crippen LogP contribution in [0.2, 0.25) is 0 Å². The van der Waals surface area contributed by atoms with E-state index >= 15 is 0 Å². The van der Waals surface area contributed by atoms with Crippen LogP contribution in [0.4, 0.5) is 0 Å². The molecule has 0 saturated carbocycles. The fraction of sp³-hybridized carbons (Fsp3) is 0.600. The Kier molecular flexibility index (Phi) is 6.63. The lowest BCUT2D eigenvalue weighted by molar-refractivity contribution is 0.309. The minimum atomic E-state index is 0. The first-order valence-corrected chi connectivity index (χ1v) is 6.88. The summed E-state index contributed by atoms with van der Waals surface area (Å²) in [5.41, 5.74) is 7.36. The molecule has 19 heavy (non-hydrogen) atoms. The lowest BCUT2D eigenvalue weighted by Crippen LogP contribution is -2.28. The Hall–Kier alpha value is -0.770. The predicted octanol–water partition coefficient (Wildman–Crippen LogP) is 2.68. The maximum absolute atomic E-state index is 6.05. The summed E-state index contributed by atoms with van der Waals surface area (Å²) >= 11 is 0. The molecule has 2 N–H and O–H groups in total. The zero-order valence-corrected chi connectivity index (χ0v) is 12.7. The van der Waals surface area contributed by atoms with Gasteiger partial charge in [-0.1, -0.05) is 26.0 Å². The molecular weight excluding hydrogens is 260 g/mol. The molecule has 1 fully saturated rings. The maximum atomic E-state index is 6.05. The molecule has 0 spiro atoms. The van der Waals surface area contributed by atoms with Crippen molar-refractivity contribution in [2.24, 2.45) is 11.7 Å². The molecule has 1 heterocycles. The summed E-state index contributed by atoms with van der Waals surface area (Å²) in [6, 6.07) is 8.72. The van der Waals surface area contributed by atoms with Crippen molar-refractivity contribution < 1.29 is 4.74 Å². The van der Waals surface area contributed by atoms with E-state index in [-0.39, 0.29) is 12.4 Å². The van der Waals surface area contributed by atoms with Crippen LogP contribution in [0.3, 0.4) is 0 Å². The first-order valence-electron chi connectivity index (χ1n) is 6.88. The summed E-state index contributed by atoms with van der Waals surface area (Å²) in [6.07, 6.45) is 1.04. The number of halogens is 1. The normalized spacial score (nSPS) is 23.1. The summed E-state index contributed by atoms with van der Waals surface area (Å²) in [4.78, 5) is 2.42. The number of nitrogens with two attached hydrogens (primary N) is 1. The lowest BCUT2D eigenvalue weighted by Gasteiger charge is -2.16. The van der Waals surface area contributed by atoms with Crippen molar-refractivity contribution >= 4 is 12.4 Å². The third kappa shape index (κ3) is 4.68. The van der Waals surface area contributed by atoms with Crippen LogP contribution in [0.15, 0.2) is 24.3 Å². The molecule has 1 aromatic rings. The second kappa shape index (κ2) is 7.73. The quantitative estimate of drug-likeness (QED) is 0.903. The molecule has 3 nitrogen and oxygen atoms in total. The fourth-order valence-corrected chi connectivity index (χ4v) is 2.44. The van der Waals surface area contributed by atoms with E-state index in [1.165, 1.54) is 5.56 Å². The van der Waals surface area contributed by atoms with E-state index in [1.54, 1.807) is 0 Å². The molecule has 1 saturated heterocycles. The van der Waals surface area contributed by atoms with Crippen LogP contribution in [0.5, 0.6) is 5.75 Å². The van der Waals surface area contributed by atoms with E-state index < -0.39 is 0 Å². The van der Waals surface area contributed by atoms with Gasteiger partial charge in [0.05, 0.1) is 6.61 Å². The summed E-state index contributed by atoms with van der Waals surface area (Å²) in [5.74, 6) is 1.58. The van der Waals surface area contributed by atoms with Gasteiger partial charge in [-0.15, -0.1) is 12.4 Å². The van der Waals surface area contributed by atoms with Crippen LogP contribution < -0.4 is 10.5 Å². The van der Waals surface area contributed by atoms with Gasteiger partial charge < -0.3 is 10.5 Å². The third-order valence-electron chi connectivity index (χ3n) is 3.52. The summed E-state index contributed by atoms with van der Waals surface area (Å²) in [5, 5.41) is 0. The molecule has 0 bridgehead atoms. The van der Waals surface area contributed by atoms with Gasteiger partial charge in [0.1, 0.15) is 5.75 Å². The third-order valence-corrected chi connectivity index (χ3v) is 3.52. The minimum absolute atomic E-state index is 0. The van der Waals surface area contributed by atoms with Gasteiger partial charge >= 0.3 is 0 Å². The van der Waals surface area contributed by atoms with Gasteiger partial charge in [0.2, 0.25) is 0 Å². The summed E-state index contributed by atoms with van der Waals surface area (Å²) in [7, 11) is 0. The van der Waals surface area contributed by atoms with E-state index in [9.17, 15) is 0 Å². The summed E-state index contributed by atoms with van der Waals surface area (Å²) < 4.78 is 5.66. The van der Waals surface area contributed by atoms with Gasteiger partial charge in [-0.25, -0.2) is 0 Å². The van der Waals surface area contributed by atoms with Crippen LogP contribution in [-0.2, 0) is 6.54 Å². The highest BCUT2D eigenvalue weighted by atomic mass is 35.5. The molecule has 0 aromatic heterocycles. The van der Waals surface area contributed by atoms with Crippen LogP contribution >= 0.6 is 12.4 Å². The molecule has 0 amide bonds. The minimum Gasteiger partial charge on any atom is -0.494 e. The molecule has 0 radical (unpaired) electrons. The highest BCUT2D eigenvalue weighted by Crippen LogP contribution is 2.20. The van der Waals surface area contributed by atoms with E-state index in [1.807, 2.05) is 6.07 Å². The van der Waals surface area contributed by atoms with Crippen molar-refractivity contribution in [3.8, 4) is 5.75 Å². The number of benzene rings is 1. The Bertz CT molecular complexity index is 376. The van der Waals surface area contributed by atoms with Crippen molar-refractivity contribution in [1.29, 1.82) is 0 Å². The van der Waals surface area contributed by atoms with E-state index in [2.05, 4.69) is 36.9 Å². The molecule has 1 aromatic carbocycles. The Balaban J connectivity index is 0.00000180. The monoisotopic (exact) mass is 284 g/mol. The lowest BCUT2D eigenvalue weighted by atomic mass is 10.1. The second-order valence-electron chi connectivity index (χ2n) is 5.33. The van der Waals surface area contributed by atoms with Gasteiger partial charge in [-0.05, 0) is 30.0 Å². The Morgan fingerprint density at radius 1 is 1.37 bits per heavy atom. The molecule has 108 valence electrons. The molecule has 4 heteroatoms. The van der Waals surface area contributed by atoms with Crippen molar-refractivity contribution in [1.82, 2.24) is 4.90 Å². The molecule has 2 rings (SSSR count). The zero-order valence-electron chi connectivity index (χ0n) is 11.8. The van der Waals surface area contributed by atoms with Crippen molar-refractivity contribution in [3.63, 3.8) is 0 Å². The first-order chi connectivity index (χ1) is 8.69. The molecule has 1 aliphatic rings. The van der Waals surface area contributed by atoms with Crippen LogP contribution in [-0.4, -0.2) is 30.6 Å². The summed E-state index contributed by atoms with van der Waals surface area (Å²) in [6.45, 7) is 8.21. The van der Waals surface area contributed by atoms with Crippen LogP contribution in [0.25, 0.3) is 0 Å². The van der Waals surface area contributed by atoms with Gasteiger partial charge in [0.15, 0.2) is 0 Å². The molecule has 0 aliphatic carbocycles. The van der Waals surface area contributed by atoms with Gasteiger partial charge in [0, 0.05) is 25.7 Å². The largest absolute Gasteiger partial charge is 0.494 e. The fourth-order valence-electron chi connectivity index (χ4n) is 2.44. The number of ether oxygens (including phenoxy) is 1. The molecule has 2 unspecified atom stereocenters. The van der Waals surface area contributed by atoms with Crippen LogP contribution in [0.1, 0.15) is 25.8 Å². The van der Waals surface area contributed by atoms with Gasteiger partial charge in [-0.3, -0.25) is 4.90 Å². The zero-order chi connectivity index (χ0) is 13.0. The second-order valence-corrected chi connectivity index (χ2v) is 5.33. The number of nitrogens with zero attached hydrogens (tertiary/aromatic N) is 1. The first kappa shape index (κ1) is 16.3. The average molecular weight is 285 g/mol. The average Bonchev–Trinajstić information content (AvgIpc) is 2.66. The number of hydrogen-bond acceptors (Lipinski definition) is 3. The topological polar surface area (TPSA) is 38.5 Å². The Morgan fingerprint density at radius 3 is 2.79 bits per heavy atom. The Morgan fingerprint density at radius 2 is 2.16 bits per heavy atom. The Labute approximate surface area is 122 Å². The number of likely N-dealkylation sites (tertiary alicyclic amines) is 1. The van der Waals surface area contributed by atoms with E-state index in [4.69, 9.17) is 10.5 Å². The molecule has 2 atom stereocenters. The standard InChI is InChI=1S/C15H24N2O.ClH/c1-3-7-18-14-6-4-5-13(8-14)10-17-9-12(2)15(16)11-17;/h4-6,8,12,15H,3,7,9-11,16H2,1-2H3;1H. The highest BCUT2D eigenvalue weighted by Gasteiger charge is 2.26. The van der Waals surface area contributed by atoms with Crippen molar-refractivity contribution in [3.05, 3.63) is 29.8 Å². The van der Waals surface area contributed by atoms with E-state index in [0.29, 0.717) is 12.0 Å². The maximum Gasteiger partial charge on any atom is 0.119 e. The van der Waals surface area contributed by atoms with Crippen molar-refractivity contribution in [2.75, 3.05) is 19.7 Å². The van der Waals surface area contributed by atoms with Gasteiger partial charge in [-0.2, -0.15) is 0 Å². The number of hydrogen-bond donors (Lipinski definition) is 1. The van der Waals surface area contributed by atoms with Gasteiger partial charge in [0.25, 0.3) is 0 Å². The predicted molar refractivity (Wildman–Crippen MR) is 81.9 cm³/mol. The smallest absolute Gasteiger partial charge is 0.119 e. The van der Waals surface area contributed by atoms with Crippen LogP contribution in [0, 0.1) is 5.92 Å². The highest BCUT2D eigenvalue weighted by molar-refractivity contribution is 5.85. The van der Waals surface area contributed by atoms with E-state index in [0.717, 1.165) is 38.4 Å². The SMILES string of the molecule is CCCOc1cccc(CN2CC(C)C(N)C2)c1.Cl. The number of rotatable bonds is 5. The van der Waals surface area contributed by atoms with Crippen molar-refractivity contribution in [2.45, 2.75) is 32.9 Å². The molecule has 1 aliphatic heterocycles. The molecular formula is C15H25ClN2O.